The minimum absolute atomic E-state index is 0.0211. The lowest BCUT2D eigenvalue weighted by atomic mass is 9.89. The van der Waals surface area contributed by atoms with Crippen LogP contribution in [0.25, 0.3) is 22.0 Å². The van der Waals surface area contributed by atoms with E-state index in [9.17, 15) is 4.79 Å². The maximum atomic E-state index is 12.9. The van der Waals surface area contributed by atoms with Gasteiger partial charge in [-0.15, -0.1) is 11.3 Å². The number of carbonyl (C=O) groups is 1. The first-order chi connectivity index (χ1) is 15.6. The van der Waals surface area contributed by atoms with Crippen molar-refractivity contribution in [2.75, 3.05) is 6.54 Å². The molecule has 6 heteroatoms. The van der Waals surface area contributed by atoms with Crippen LogP contribution in [0.1, 0.15) is 67.9 Å². The molecule has 1 amide bonds. The van der Waals surface area contributed by atoms with Crippen LogP contribution in [0.4, 0.5) is 0 Å². The Morgan fingerprint density at radius 1 is 1.22 bits per heavy atom. The maximum absolute atomic E-state index is 12.9. The second-order valence-electron chi connectivity index (χ2n) is 8.80. The highest BCUT2D eigenvalue weighted by Crippen LogP contribution is 2.34. The van der Waals surface area contributed by atoms with Crippen molar-refractivity contribution in [3.8, 4) is 22.0 Å². The van der Waals surface area contributed by atoms with E-state index in [0.717, 1.165) is 64.2 Å². The Balaban J connectivity index is 1.66. The van der Waals surface area contributed by atoms with Crippen LogP contribution in [0.5, 0.6) is 0 Å². The van der Waals surface area contributed by atoms with Crippen LogP contribution in [0.2, 0.25) is 5.02 Å². The number of thiazole rings is 1. The molecular formula is C26H32ClN3OS. The van der Waals surface area contributed by atoms with E-state index < -0.39 is 0 Å². The zero-order valence-corrected chi connectivity index (χ0v) is 20.6. The number of benzene rings is 1. The normalized spacial score (nSPS) is 14.6. The third-order valence-corrected chi connectivity index (χ3v) is 7.59. The smallest absolute Gasteiger partial charge is 0.253 e. The van der Waals surface area contributed by atoms with Crippen LogP contribution >= 0.6 is 22.9 Å². The van der Waals surface area contributed by atoms with E-state index in [1.165, 1.54) is 32.1 Å². The Kier molecular flexibility index (Phi) is 7.69. The first-order valence-corrected chi connectivity index (χ1v) is 13.0. The SMILES string of the molecule is CCCCNC(=O)c1cc(-c2csc(-c3ccc(Cl)cc3)n2)n(CC2CCCCC2)c1C. The molecule has 1 fully saturated rings. The van der Waals surface area contributed by atoms with Gasteiger partial charge in [-0.05, 0) is 50.3 Å². The van der Waals surface area contributed by atoms with E-state index in [1.807, 2.05) is 30.3 Å². The fraction of sp³-hybridized carbons (Fsp3) is 0.462. The van der Waals surface area contributed by atoms with Crippen molar-refractivity contribution in [3.63, 3.8) is 0 Å². The molecule has 1 aromatic carbocycles. The van der Waals surface area contributed by atoms with E-state index >= 15 is 0 Å². The summed E-state index contributed by atoms with van der Waals surface area (Å²) in [4.78, 5) is 17.9. The molecule has 0 atom stereocenters. The predicted octanol–water partition coefficient (Wildman–Crippen LogP) is 7.35. The summed E-state index contributed by atoms with van der Waals surface area (Å²) in [5.74, 6) is 0.687. The molecule has 0 spiro atoms. The Bertz CT molecular complexity index is 1050. The molecular weight excluding hydrogens is 438 g/mol. The van der Waals surface area contributed by atoms with Crippen molar-refractivity contribution in [1.82, 2.24) is 14.9 Å². The van der Waals surface area contributed by atoms with E-state index in [4.69, 9.17) is 16.6 Å². The third-order valence-electron chi connectivity index (χ3n) is 6.45. The number of amides is 1. The van der Waals surface area contributed by atoms with Crippen molar-refractivity contribution in [3.05, 3.63) is 52.0 Å². The summed E-state index contributed by atoms with van der Waals surface area (Å²) in [5.41, 5.74) is 4.86. The van der Waals surface area contributed by atoms with Gasteiger partial charge in [0.2, 0.25) is 0 Å². The number of rotatable bonds is 8. The quantitative estimate of drug-likeness (QED) is 0.350. The van der Waals surface area contributed by atoms with Crippen LogP contribution in [-0.2, 0) is 6.54 Å². The number of hydrogen-bond donors (Lipinski definition) is 1. The summed E-state index contributed by atoms with van der Waals surface area (Å²) in [6.45, 7) is 5.89. The van der Waals surface area contributed by atoms with E-state index in [-0.39, 0.29) is 5.91 Å². The average Bonchev–Trinajstić information content (AvgIpc) is 3.41. The van der Waals surface area contributed by atoms with Gasteiger partial charge in [0, 0.05) is 34.7 Å². The minimum Gasteiger partial charge on any atom is -0.352 e. The molecule has 0 aliphatic heterocycles. The summed E-state index contributed by atoms with van der Waals surface area (Å²) in [6, 6.07) is 9.84. The number of aromatic nitrogens is 2. The average molecular weight is 470 g/mol. The monoisotopic (exact) mass is 469 g/mol. The third kappa shape index (κ3) is 5.26. The molecule has 1 saturated carbocycles. The molecule has 1 aliphatic rings. The molecule has 2 aromatic heterocycles. The topological polar surface area (TPSA) is 46.9 Å². The van der Waals surface area contributed by atoms with Gasteiger partial charge in [-0.25, -0.2) is 4.98 Å². The molecule has 3 aromatic rings. The Hall–Kier alpha value is -2.11. The summed E-state index contributed by atoms with van der Waals surface area (Å²) in [5, 5.41) is 6.89. The van der Waals surface area contributed by atoms with Gasteiger partial charge in [-0.2, -0.15) is 0 Å². The van der Waals surface area contributed by atoms with Crippen LogP contribution in [-0.4, -0.2) is 22.0 Å². The molecule has 4 rings (SSSR count). The van der Waals surface area contributed by atoms with Gasteiger partial charge < -0.3 is 9.88 Å². The van der Waals surface area contributed by atoms with Crippen LogP contribution in [0, 0.1) is 12.8 Å². The molecule has 1 N–H and O–H groups in total. The Morgan fingerprint density at radius 2 is 1.97 bits per heavy atom. The number of nitrogens with zero attached hydrogens (tertiary/aromatic N) is 2. The van der Waals surface area contributed by atoms with Gasteiger partial charge in [0.05, 0.1) is 17.0 Å². The van der Waals surface area contributed by atoms with E-state index in [0.29, 0.717) is 5.92 Å². The Morgan fingerprint density at radius 3 is 2.69 bits per heavy atom. The standard InChI is InChI=1S/C26H32ClN3OS/c1-3-4-14-28-25(31)22-15-24(30(18(22)2)16-19-8-6-5-7-9-19)23-17-32-26(29-23)20-10-12-21(27)13-11-20/h10-13,15,17,19H,3-9,14,16H2,1-2H3,(H,28,31). The van der Waals surface area contributed by atoms with Crippen molar-refractivity contribution >= 4 is 28.8 Å². The lowest BCUT2D eigenvalue weighted by Gasteiger charge is -2.24. The maximum Gasteiger partial charge on any atom is 0.253 e. The van der Waals surface area contributed by atoms with Crippen LogP contribution < -0.4 is 5.32 Å². The van der Waals surface area contributed by atoms with Gasteiger partial charge in [0.15, 0.2) is 0 Å². The fourth-order valence-electron chi connectivity index (χ4n) is 4.54. The number of unbranched alkanes of at least 4 members (excludes halogenated alkanes) is 1. The number of hydrogen-bond acceptors (Lipinski definition) is 3. The van der Waals surface area contributed by atoms with E-state index in [2.05, 4.69) is 29.1 Å². The highest BCUT2D eigenvalue weighted by molar-refractivity contribution is 7.13. The molecule has 32 heavy (non-hydrogen) atoms. The Labute approximate surface area is 200 Å². The second-order valence-corrected chi connectivity index (χ2v) is 10.1. The minimum atomic E-state index is 0.0211. The molecule has 1 aliphatic carbocycles. The van der Waals surface area contributed by atoms with Crippen molar-refractivity contribution < 1.29 is 4.79 Å². The van der Waals surface area contributed by atoms with Gasteiger partial charge in [0.25, 0.3) is 5.91 Å². The zero-order valence-electron chi connectivity index (χ0n) is 19.0. The van der Waals surface area contributed by atoms with Gasteiger partial charge in [-0.3, -0.25) is 4.79 Å². The fourth-order valence-corrected chi connectivity index (χ4v) is 5.49. The van der Waals surface area contributed by atoms with Gasteiger partial charge in [0.1, 0.15) is 5.01 Å². The highest BCUT2D eigenvalue weighted by Gasteiger charge is 2.23. The second kappa shape index (κ2) is 10.7. The van der Waals surface area contributed by atoms with E-state index in [1.54, 1.807) is 11.3 Å². The summed E-state index contributed by atoms with van der Waals surface area (Å²) < 4.78 is 2.34. The summed E-state index contributed by atoms with van der Waals surface area (Å²) in [7, 11) is 0. The van der Waals surface area contributed by atoms with Crippen molar-refractivity contribution in [2.24, 2.45) is 5.92 Å². The molecule has 4 nitrogen and oxygen atoms in total. The number of carbonyl (C=O) groups excluding carboxylic acids is 1. The number of nitrogens with one attached hydrogen (secondary N) is 1. The highest BCUT2D eigenvalue weighted by atomic mass is 35.5. The first-order valence-electron chi connectivity index (χ1n) is 11.8. The van der Waals surface area contributed by atoms with Crippen molar-refractivity contribution in [1.29, 1.82) is 0 Å². The van der Waals surface area contributed by atoms with Crippen LogP contribution in [0.3, 0.4) is 0 Å². The number of halogens is 1. The molecule has 0 unspecified atom stereocenters. The molecule has 170 valence electrons. The van der Waals surface area contributed by atoms with Crippen molar-refractivity contribution in [2.45, 2.75) is 65.3 Å². The lowest BCUT2D eigenvalue weighted by Crippen LogP contribution is -2.25. The van der Waals surface area contributed by atoms with Gasteiger partial charge >= 0.3 is 0 Å². The summed E-state index contributed by atoms with van der Waals surface area (Å²) >= 11 is 7.68. The molecule has 2 heterocycles. The zero-order chi connectivity index (χ0) is 22.5. The molecule has 0 saturated heterocycles. The summed E-state index contributed by atoms with van der Waals surface area (Å²) in [6.07, 6.45) is 8.56. The largest absolute Gasteiger partial charge is 0.352 e. The van der Waals surface area contributed by atoms with Crippen LogP contribution in [0.15, 0.2) is 35.7 Å². The van der Waals surface area contributed by atoms with Gasteiger partial charge in [-0.1, -0.05) is 56.3 Å². The molecule has 0 bridgehead atoms. The predicted molar refractivity (Wildman–Crippen MR) is 135 cm³/mol. The lowest BCUT2D eigenvalue weighted by molar-refractivity contribution is 0.0952. The molecule has 0 radical (unpaired) electrons. The first kappa shape index (κ1) is 23.1.